The van der Waals surface area contributed by atoms with Gasteiger partial charge in [-0.1, -0.05) is 31.9 Å². The highest BCUT2D eigenvalue weighted by Crippen LogP contribution is 2.27. The molecule has 0 saturated carbocycles. The maximum Gasteiger partial charge on any atom is 0.124 e. The first-order valence-electron chi connectivity index (χ1n) is 6.91. The average molecular weight is 282 g/mol. The van der Waals surface area contributed by atoms with Gasteiger partial charge in [0.1, 0.15) is 5.84 Å². The molecule has 0 aromatic heterocycles. The van der Waals surface area contributed by atoms with Crippen molar-refractivity contribution in [1.29, 1.82) is 5.41 Å². The molecule has 0 aliphatic rings. The van der Waals surface area contributed by atoms with Crippen LogP contribution >= 0.6 is 11.6 Å². The second kappa shape index (κ2) is 7.39. The number of nitrogens with two attached hydrogens (primary N) is 1. The number of rotatable bonds is 7. The van der Waals surface area contributed by atoms with Crippen LogP contribution in [0, 0.1) is 5.41 Å². The molecule has 19 heavy (non-hydrogen) atoms. The third-order valence-corrected chi connectivity index (χ3v) is 3.67. The molecular weight excluding hydrogens is 258 g/mol. The second-order valence-corrected chi connectivity index (χ2v) is 5.32. The quantitative estimate of drug-likeness (QED) is 0.586. The SMILES string of the molecule is CCCCN(c1cc(Cl)ccc1C(=N)N)C(C)CC. The van der Waals surface area contributed by atoms with Crippen molar-refractivity contribution in [2.75, 3.05) is 11.4 Å². The number of anilines is 1. The summed E-state index contributed by atoms with van der Waals surface area (Å²) in [4.78, 5) is 2.31. The summed E-state index contributed by atoms with van der Waals surface area (Å²) < 4.78 is 0. The van der Waals surface area contributed by atoms with E-state index < -0.39 is 0 Å². The Morgan fingerprint density at radius 2 is 2.11 bits per heavy atom. The number of hydrogen-bond donors (Lipinski definition) is 2. The Morgan fingerprint density at radius 1 is 1.42 bits per heavy atom. The van der Waals surface area contributed by atoms with Crippen molar-refractivity contribution in [1.82, 2.24) is 0 Å². The van der Waals surface area contributed by atoms with Gasteiger partial charge in [0.05, 0.1) is 0 Å². The minimum absolute atomic E-state index is 0.0940. The van der Waals surface area contributed by atoms with Crippen molar-refractivity contribution in [3.8, 4) is 0 Å². The lowest BCUT2D eigenvalue weighted by atomic mass is 10.1. The van der Waals surface area contributed by atoms with Crippen molar-refractivity contribution in [2.24, 2.45) is 5.73 Å². The molecule has 0 bridgehead atoms. The lowest BCUT2D eigenvalue weighted by Crippen LogP contribution is -2.35. The van der Waals surface area contributed by atoms with Crippen molar-refractivity contribution in [3.05, 3.63) is 28.8 Å². The van der Waals surface area contributed by atoms with Crippen LogP contribution in [-0.4, -0.2) is 18.4 Å². The number of nitrogens with one attached hydrogen (secondary N) is 1. The molecule has 0 spiro atoms. The number of hydrogen-bond acceptors (Lipinski definition) is 2. The highest BCUT2D eigenvalue weighted by molar-refractivity contribution is 6.31. The molecule has 0 radical (unpaired) electrons. The maximum atomic E-state index is 7.72. The van der Waals surface area contributed by atoms with Gasteiger partial charge < -0.3 is 10.6 Å². The van der Waals surface area contributed by atoms with Gasteiger partial charge in [0, 0.05) is 28.9 Å². The van der Waals surface area contributed by atoms with Gasteiger partial charge in [-0.15, -0.1) is 0 Å². The summed E-state index contributed by atoms with van der Waals surface area (Å²) in [5, 5.41) is 8.41. The molecule has 4 heteroatoms. The van der Waals surface area contributed by atoms with E-state index in [9.17, 15) is 0 Å². The summed E-state index contributed by atoms with van der Waals surface area (Å²) in [5.74, 6) is 0.0940. The van der Waals surface area contributed by atoms with Crippen LogP contribution in [-0.2, 0) is 0 Å². The zero-order valence-electron chi connectivity index (χ0n) is 12.0. The van der Waals surface area contributed by atoms with Gasteiger partial charge >= 0.3 is 0 Å². The van der Waals surface area contributed by atoms with Gasteiger partial charge in [0.2, 0.25) is 0 Å². The van der Waals surface area contributed by atoms with E-state index in [0.717, 1.165) is 37.1 Å². The molecule has 0 heterocycles. The number of unbranched alkanes of at least 4 members (excludes halogenated alkanes) is 1. The summed E-state index contributed by atoms with van der Waals surface area (Å²) in [6, 6.07) is 5.95. The normalized spacial score (nSPS) is 12.2. The van der Waals surface area contributed by atoms with Gasteiger partial charge in [-0.25, -0.2) is 0 Å². The highest BCUT2D eigenvalue weighted by Gasteiger charge is 2.17. The predicted octanol–water partition coefficient (Wildman–Crippen LogP) is 4.03. The van der Waals surface area contributed by atoms with E-state index >= 15 is 0 Å². The van der Waals surface area contributed by atoms with Crippen LogP contribution in [0.3, 0.4) is 0 Å². The molecule has 0 fully saturated rings. The van der Waals surface area contributed by atoms with Crippen molar-refractivity contribution in [3.63, 3.8) is 0 Å². The summed E-state index contributed by atoms with van der Waals surface area (Å²) >= 11 is 6.11. The maximum absolute atomic E-state index is 7.72. The predicted molar refractivity (Wildman–Crippen MR) is 84.5 cm³/mol. The van der Waals surface area contributed by atoms with E-state index in [1.807, 2.05) is 12.1 Å². The van der Waals surface area contributed by atoms with Gasteiger partial charge in [-0.3, -0.25) is 5.41 Å². The first-order valence-corrected chi connectivity index (χ1v) is 7.29. The van der Waals surface area contributed by atoms with E-state index in [-0.39, 0.29) is 5.84 Å². The third-order valence-electron chi connectivity index (χ3n) is 3.43. The van der Waals surface area contributed by atoms with Gasteiger partial charge in [-0.05, 0) is 38.0 Å². The minimum Gasteiger partial charge on any atom is -0.384 e. The molecule has 1 aromatic carbocycles. The largest absolute Gasteiger partial charge is 0.384 e. The number of nitrogens with zero attached hydrogens (tertiary/aromatic N) is 1. The minimum atomic E-state index is 0.0940. The summed E-state index contributed by atoms with van der Waals surface area (Å²) in [6.07, 6.45) is 3.31. The average Bonchev–Trinajstić information content (AvgIpc) is 2.38. The van der Waals surface area contributed by atoms with Gasteiger partial charge in [0.15, 0.2) is 0 Å². The Kier molecular flexibility index (Phi) is 6.16. The van der Waals surface area contributed by atoms with Crippen molar-refractivity contribution >= 4 is 23.1 Å². The van der Waals surface area contributed by atoms with Crippen LogP contribution in [0.2, 0.25) is 5.02 Å². The third kappa shape index (κ3) is 4.13. The molecule has 0 amide bonds. The number of nitrogen functional groups attached to an aromatic ring is 1. The molecule has 106 valence electrons. The fraction of sp³-hybridized carbons (Fsp3) is 0.533. The zero-order valence-corrected chi connectivity index (χ0v) is 12.8. The summed E-state index contributed by atoms with van der Waals surface area (Å²) in [5.41, 5.74) is 7.43. The Balaban J connectivity index is 3.19. The van der Waals surface area contributed by atoms with E-state index in [2.05, 4.69) is 25.7 Å². The molecule has 1 unspecified atom stereocenters. The number of benzene rings is 1. The van der Waals surface area contributed by atoms with Crippen LogP contribution in [0.1, 0.15) is 45.6 Å². The first kappa shape index (κ1) is 15.8. The highest BCUT2D eigenvalue weighted by atomic mass is 35.5. The Morgan fingerprint density at radius 3 is 2.63 bits per heavy atom. The Hall–Kier alpha value is -1.22. The lowest BCUT2D eigenvalue weighted by Gasteiger charge is -2.32. The van der Waals surface area contributed by atoms with Crippen LogP contribution < -0.4 is 10.6 Å². The van der Waals surface area contributed by atoms with Gasteiger partial charge in [0.25, 0.3) is 0 Å². The topological polar surface area (TPSA) is 53.1 Å². The summed E-state index contributed by atoms with van der Waals surface area (Å²) in [6.45, 7) is 7.51. The number of amidine groups is 1. The molecule has 1 atom stereocenters. The van der Waals surface area contributed by atoms with Crippen LogP contribution in [0.4, 0.5) is 5.69 Å². The monoisotopic (exact) mass is 281 g/mol. The van der Waals surface area contributed by atoms with E-state index in [1.54, 1.807) is 6.07 Å². The number of halogens is 1. The lowest BCUT2D eigenvalue weighted by molar-refractivity contribution is 0.595. The summed E-state index contributed by atoms with van der Waals surface area (Å²) in [7, 11) is 0. The standard InChI is InChI=1S/C15H24ClN3/c1-4-6-9-19(11(3)5-2)14-10-12(16)7-8-13(14)15(17)18/h7-8,10-11H,4-6,9H2,1-3H3,(H3,17,18). The molecule has 0 aliphatic carbocycles. The van der Waals surface area contributed by atoms with Gasteiger partial charge in [-0.2, -0.15) is 0 Å². The Labute approximate surface area is 121 Å². The second-order valence-electron chi connectivity index (χ2n) is 4.88. The molecule has 0 aliphatic heterocycles. The van der Waals surface area contributed by atoms with E-state index in [0.29, 0.717) is 11.1 Å². The van der Waals surface area contributed by atoms with Crippen molar-refractivity contribution in [2.45, 2.75) is 46.1 Å². The molecule has 3 N–H and O–H groups in total. The van der Waals surface area contributed by atoms with Crippen LogP contribution in [0.15, 0.2) is 18.2 Å². The smallest absolute Gasteiger partial charge is 0.124 e. The molecular formula is C15H24ClN3. The molecule has 1 rings (SSSR count). The van der Waals surface area contributed by atoms with E-state index in [4.69, 9.17) is 22.7 Å². The van der Waals surface area contributed by atoms with E-state index in [1.165, 1.54) is 0 Å². The molecule has 3 nitrogen and oxygen atoms in total. The fourth-order valence-electron chi connectivity index (χ4n) is 2.10. The Bertz CT molecular complexity index is 431. The fourth-order valence-corrected chi connectivity index (χ4v) is 2.26. The first-order chi connectivity index (χ1) is 9.01. The molecule has 0 saturated heterocycles. The zero-order chi connectivity index (χ0) is 14.4. The molecule has 1 aromatic rings. The van der Waals surface area contributed by atoms with Crippen molar-refractivity contribution < 1.29 is 0 Å². The van der Waals surface area contributed by atoms with Crippen LogP contribution in [0.25, 0.3) is 0 Å². The van der Waals surface area contributed by atoms with Crippen LogP contribution in [0.5, 0.6) is 0 Å².